The monoisotopic (exact) mass is 636 g/mol. The third kappa shape index (κ3) is 7.16. The lowest BCUT2D eigenvalue weighted by molar-refractivity contribution is -0.138. The molecule has 1 aromatic heterocycles. The zero-order chi connectivity index (χ0) is 31.1. The summed E-state index contributed by atoms with van der Waals surface area (Å²) < 4.78 is 53.3. The fraction of sp³-hybridized carbons (Fsp3) is 0.379. The third-order valence-electron chi connectivity index (χ3n) is 6.71. The molecular formula is C29H28ClF3N4O5S. The van der Waals surface area contributed by atoms with E-state index in [0.717, 1.165) is 22.7 Å². The number of fused-ring (bicyclic) bond motifs is 1. The molecule has 0 radical (unpaired) electrons. The zero-order valence-corrected chi connectivity index (χ0v) is 25.1. The number of alkyl halides is 3. The Hall–Kier alpha value is -3.55. The molecule has 43 heavy (non-hydrogen) atoms. The van der Waals surface area contributed by atoms with Gasteiger partial charge in [0.15, 0.2) is 0 Å². The summed E-state index contributed by atoms with van der Waals surface area (Å²) in [5.74, 6) is -0.480. The highest BCUT2D eigenvalue weighted by Gasteiger charge is 2.38. The number of thioether (sulfide) groups is 1. The number of nitrogens with zero attached hydrogens (tertiary/aromatic N) is 4. The van der Waals surface area contributed by atoms with E-state index >= 15 is 0 Å². The van der Waals surface area contributed by atoms with E-state index < -0.39 is 40.7 Å². The first kappa shape index (κ1) is 30.9. The van der Waals surface area contributed by atoms with Gasteiger partial charge in [0.1, 0.15) is 5.60 Å². The van der Waals surface area contributed by atoms with Crippen LogP contribution in [0.15, 0.2) is 47.5 Å². The lowest BCUT2D eigenvalue weighted by atomic mass is 10.1. The first-order valence-corrected chi connectivity index (χ1v) is 14.5. The summed E-state index contributed by atoms with van der Waals surface area (Å²) in [6.45, 7) is 5.95. The second kappa shape index (κ2) is 11.9. The normalized spacial score (nSPS) is 19.1. The summed E-state index contributed by atoms with van der Waals surface area (Å²) in [5, 5.41) is 4.45. The summed E-state index contributed by atoms with van der Waals surface area (Å²) in [4.78, 5) is 41.2. The number of ether oxygens (including phenoxy) is 2. The van der Waals surface area contributed by atoms with Gasteiger partial charge in [-0.3, -0.25) is 19.2 Å². The molecule has 0 spiro atoms. The fourth-order valence-electron chi connectivity index (χ4n) is 4.77. The Labute approximate surface area is 254 Å². The molecule has 0 N–H and O–H groups in total. The predicted molar refractivity (Wildman–Crippen MR) is 156 cm³/mol. The van der Waals surface area contributed by atoms with Crippen LogP contribution in [0.5, 0.6) is 0 Å². The van der Waals surface area contributed by atoms with Crippen LogP contribution in [0.3, 0.4) is 0 Å². The number of rotatable bonds is 5. The van der Waals surface area contributed by atoms with Crippen LogP contribution in [0.1, 0.15) is 37.5 Å². The number of hydrogen-bond donors (Lipinski definition) is 0. The van der Waals surface area contributed by atoms with E-state index in [1.165, 1.54) is 27.9 Å². The Kier molecular flexibility index (Phi) is 8.52. The molecule has 2 fully saturated rings. The van der Waals surface area contributed by atoms with Gasteiger partial charge < -0.3 is 14.4 Å². The number of aromatic nitrogens is 2. The van der Waals surface area contributed by atoms with Crippen molar-refractivity contribution in [1.29, 1.82) is 0 Å². The maximum Gasteiger partial charge on any atom is 0.416 e. The molecule has 3 aromatic rings. The van der Waals surface area contributed by atoms with E-state index in [1.807, 2.05) is 0 Å². The van der Waals surface area contributed by atoms with E-state index in [4.69, 9.17) is 21.1 Å². The summed E-state index contributed by atoms with van der Waals surface area (Å²) in [5.41, 5.74) is -0.248. The summed E-state index contributed by atoms with van der Waals surface area (Å²) in [6, 6.07) is 8.76. The summed E-state index contributed by atoms with van der Waals surface area (Å²) in [6.07, 6.45) is -2.51. The van der Waals surface area contributed by atoms with Crippen LogP contribution in [0, 0.1) is 0 Å². The van der Waals surface area contributed by atoms with E-state index in [9.17, 15) is 27.6 Å². The molecule has 2 aliphatic heterocycles. The topological polar surface area (TPSA) is 94.0 Å². The van der Waals surface area contributed by atoms with Crippen LogP contribution in [-0.2, 0) is 27.0 Å². The largest absolute Gasteiger partial charge is 0.444 e. The molecular weight excluding hydrogens is 609 g/mol. The lowest BCUT2D eigenvalue weighted by Crippen LogP contribution is -2.51. The summed E-state index contributed by atoms with van der Waals surface area (Å²) >= 11 is 6.59. The molecule has 0 saturated carbocycles. The van der Waals surface area contributed by atoms with Crippen molar-refractivity contribution < 1.29 is 37.0 Å². The van der Waals surface area contributed by atoms with Crippen LogP contribution < -0.4 is 0 Å². The molecule has 228 valence electrons. The van der Waals surface area contributed by atoms with Gasteiger partial charge in [-0.25, -0.2) is 4.79 Å². The number of carbonyl (C=O) groups is 3. The van der Waals surface area contributed by atoms with Crippen molar-refractivity contribution in [3.8, 4) is 0 Å². The van der Waals surface area contributed by atoms with E-state index in [2.05, 4.69) is 5.10 Å². The van der Waals surface area contributed by atoms with Gasteiger partial charge >= 0.3 is 12.3 Å². The van der Waals surface area contributed by atoms with Gasteiger partial charge in [-0.15, -0.1) is 0 Å². The third-order valence-corrected chi connectivity index (χ3v) is 7.85. The molecule has 3 amide bonds. The standard InChI is InChI=1S/C29H28ClF3N4O5S/c1-28(2,3)42-26(39)35-8-9-41-21(15-35)16-36-25(38)24(43-27(36)40)11-17-4-7-23-19(10-17)13-34-37(23)14-18-5-6-20(30)12-22(18)29(31,32)33/h4-7,10-13,21H,8-9,14-16H2,1-3H3/t21-/m0/s1. The minimum absolute atomic E-state index is 0.00973. The zero-order valence-electron chi connectivity index (χ0n) is 23.5. The molecule has 5 rings (SSSR count). The number of imide groups is 1. The number of carbonyl (C=O) groups excluding carboxylic acids is 3. The number of morpholine rings is 1. The fourth-order valence-corrected chi connectivity index (χ4v) is 5.79. The molecule has 0 bridgehead atoms. The first-order chi connectivity index (χ1) is 20.2. The Balaban J connectivity index is 1.28. The highest BCUT2D eigenvalue weighted by atomic mass is 35.5. The van der Waals surface area contributed by atoms with Gasteiger partial charge in [0.05, 0.1) is 54.5 Å². The minimum Gasteiger partial charge on any atom is -0.444 e. The lowest BCUT2D eigenvalue weighted by Gasteiger charge is -2.35. The molecule has 1 atom stereocenters. The van der Waals surface area contributed by atoms with Crippen molar-refractivity contribution in [2.45, 2.75) is 45.2 Å². The second-order valence-corrected chi connectivity index (χ2v) is 12.6. The maximum atomic E-state index is 13.6. The van der Waals surface area contributed by atoms with E-state index in [-0.39, 0.29) is 41.7 Å². The SMILES string of the molecule is CC(C)(C)OC(=O)N1CCO[C@H](CN2C(=O)SC(=Cc3ccc4c(cnn4Cc4ccc(Cl)cc4C(F)(F)F)c3)C2=O)C1. The quantitative estimate of drug-likeness (QED) is 0.298. The van der Waals surface area contributed by atoms with Crippen molar-refractivity contribution in [3.63, 3.8) is 0 Å². The van der Waals surface area contributed by atoms with Crippen LogP contribution in [0.4, 0.5) is 22.8 Å². The molecule has 0 aliphatic carbocycles. The van der Waals surface area contributed by atoms with Crippen molar-refractivity contribution in [2.75, 3.05) is 26.2 Å². The van der Waals surface area contributed by atoms with Gasteiger partial charge in [0, 0.05) is 17.0 Å². The maximum absolute atomic E-state index is 13.6. The predicted octanol–water partition coefficient (Wildman–Crippen LogP) is 6.43. The number of halogens is 4. The van der Waals surface area contributed by atoms with Crippen LogP contribution >= 0.6 is 23.4 Å². The van der Waals surface area contributed by atoms with Crippen LogP contribution in [-0.4, -0.2) is 74.8 Å². The summed E-state index contributed by atoms with van der Waals surface area (Å²) in [7, 11) is 0. The Bertz CT molecular complexity index is 1620. The molecule has 2 aromatic carbocycles. The average Bonchev–Trinajstić information content (AvgIpc) is 3.43. The Morgan fingerprint density at radius 3 is 2.67 bits per heavy atom. The number of amides is 3. The molecule has 14 heteroatoms. The Morgan fingerprint density at radius 2 is 1.95 bits per heavy atom. The number of hydrogen-bond acceptors (Lipinski definition) is 7. The van der Waals surface area contributed by atoms with Crippen molar-refractivity contribution in [3.05, 3.63) is 69.2 Å². The second-order valence-electron chi connectivity index (χ2n) is 11.1. The van der Waals surface area contributed by atoms with Gasteiger partial charge in [-0.1, -0.05) is 23.7 Å². The molecule has 3 heterocycles. The van der Waals surface area contributed by atoms with E-state index in [1.54, 1.807) is 45.0 Å². The first-order valence-electron chi connectivity index (χ1n) is 13.3. The highest BCUT2D eigenvalue weighted by molar-refractivity contribution is 8.18. The van der Waals surface area contributed by atoms with Crippen molar-refractivity contribution in [2.24, 2.45) is 0 Å². The minimum atomic E-state index is -4.57. The van der Waals surface area contributed by atoms with E-state index in [0.29, 0.717) is 23.0 Å². The van der Waals surface area contributed by atoms with Crippen LogP contribution in [0.2, 0.25) is 5.02 Å². The average molecular weight is 637 g/mol. The highest BCUT2D eigenvalue weighted by Crippen LogP contribution is 2.35. The number of benzene rings is 2. The smallest absolute Gasteiger partial charge is 0.416 e. The van der Waals surface area contributed by atoms with Crippen LogP contribution in [0.25, 0.3) is 17.0 Å². The van der Waals surface area contributed by atoms with Gasteiger partial charge in [0.25, 0.3) is 11.1 Å². The van der Waals surface area contributed by atoms with Gasteiger partial charge in [0.2, 0.25) is 0 Å². The molecule has 2 saturated heterocycles. The van der Waals surface area contributed by atoms with Gasteiger partial charge in [-0.2, -0.15) is 18.3 Å². The Morgan fingerprint density at radius 1 is 1.19 bits per heavy atom. The molecule has 2 aliphatic rings. The van der Waals surface area contributed by atoms with Crippen molar-refractivity contribution >= 4 is 57.6 Å². The van der Waals surface area contributed by atoms with Crippen molar-refractivity contribution in [1.82, 2.24) is 19.6 Å². The molecule has 0 unspecified atom stereocenters. The molecule has 9 nitrogen and oxygen atoms in total. The van der Waals surface area contributed by atoms with Gasteiger partial charge in [-0.05, 0) is 74.0 Å².